The smallest absolute Gasteiger partial charge is 0.181 e. The van der Waals surface area contributed by atoms with E-state index in [-0.39, 0.29) is 16.8 Å². The third-order valence-electron chi connectivity index (χ3n) is 5.85. The fourth-order valence-corrected chi connectivity index (χ4v) is 6.39. The number of benzene rings is 2. The number of hydrogen-bond donors (Lipinski definition) is 1. The highest BCUT2D eigenvalue weighted by Gasteiger charge is 2.45. The number of likely N-dealkylation sites (tertiary alicyclic amines) is 1. The number of nitrogens with zero attached hydrogens (tertiary/aromatic N) is 1. The summed E-state index contributed by atoms with van der Waals surface area (Å²) in [6.07, 6.45) is 1.34. The van der Waals surface area contributed by atoms with E-state index in [1.165, 1.54) is 12.1 Å². The molecule has 2 aromatic rings. The zero-order valence-electron chi connectivity index (χ0n) is 15.0. The number of Topliss-reactive ketones (excluding diaryl/α,β-unsaturated/α-hetero) is 1. The lowest BCUT2D eigenvalue weighted by atomic mass is 10.0. The van der Waals surface area contributed by atoms with Crippen LogP contribution in [0, 0.1) is 11.8 Å². The van der Waals surface area contributed by atoms with E-state index in [0.717, 1.165) is 13.1 Å². The number of phenolic OH excluding ortho intramolecular Hbond substituents is 1. The molecular weight excluding hydrogens is 362 g/mol. The van der Waals surface area contributed by atoms with Crippen molar-refractivity contribution in [3.05, 3.63) is 60.2 Å². The molecule has 1 saturated carbocycles. The third-order valence-corrected chi connectivity index (χ3v) is 8.04. The Morgan fingerprint density at radius 3 is 2.15 bits per heavy atom. The molecule has 2 aliphatic rings. The average Bonchev–Trinajstić information content (AvgIpc) is 3.22. The molecule has 0 aromatic heterocycles. The molecule has 4 rings (SSSR count). The first-order valence-electron chi connectivity index (χ1n) is 9.27. The number of rotatable bonds is 5. The highest BCUT2D eigenvalue weighted by atomic mass is 32.2. The van der Waals surface area contributed by atoms with Crippen molar-refractivity contribution in [1.82, 2.24) is 4.90 Å². The number of phenols is 1. The molecule has 6 heteroatoms. The van der Waals surface area contributed by atoms with Gasteiger partial charge in [0.15, 0.2) is 15.6 Å². The first-order valence-corrected chi connectivity index (χ1v) is 10.8. The van der Waals surface area contributed by atoms with Gasteiger partial charge in [-0.05, 0) is 61.1 Å². The van der Waals surface area contributed by atoms with Gasteiger partial charge >= 0.3 is 0 Å². The minimum atomic E-state index is -3.28. The number of fused-ring (bicyclic) bond motifs is 1. The van der Waals surface area contributed by atoms with E-state index in [0.29, 0.717) is 41.7 Å². The minimum Gasteiger partial charge on any atom is -0.508 e. The molecule has 0 spiro atoms. The molecule has 2 fully saturated rings. The van der Waals surface area contributed by atoms with Crippen LogP contribution in [0.1, 0.15) is 23.2 Å². The molecular formula is C21H23NO4S. The largest absolute Gasteiger partial charge is 0.508 e. The lowest BCUT2D eigenvalue weighted by Gasteiger charge is -2.18. The van der Waals surface area contributed by atoms with Crippen LogP contribution >= 0.6 is 0 Å². The van der Waals surface area contributed by atoms with Gasteiger partial charge in [-0.15, -0.1) is 0 Å². The maximum absolute atomic E-state index is 12.8. The lowest BCUT2D eigenvalue weighted by molar-refractivity contribution is 0.0941. The number of aromatic hydroxyl groups is 1. The van der Waals surface area contributed by atoms with E-state index in [9.17, 15) is 18.3 Å². The van der Waals surface area contributed by atoms with Crippen LogP contribution in [0.5, 0.6) is 5.75 Å². The highest BCUT2D eigenvalue weighted by Crippen LogP contribution is 2.42. The van der Waals surface area contributed by atoms with Crippen LogP contribution < -0.4 is 0 Å². The van der Waals surface area contributed by atoms with E-state index in [1.54, 1.807) is 36.4 Å². The van der Waals surface area contributed by atoms with Crippen molar-refractivity contribution in [3.8, 4) is 5.75 Å². The third kappa shape index (κ3) is 3.64. The van der Waals surface area contributed by atoms with Gasteiger partial charge in [-0.25, -0.2) is 8.42 Å². The second kappa shape index (κ2) is 7.09. The normalized spacial score (nSPS) is 25.4. The molecule has 5 nitrogen and oxygen atoms in total. The topological polar surface area (TPSA) is 74.7 Å². The van der Waals surface area contributed by atoms with Gasteiger partial charge in [0, 0.05) is 18.7 Å². The molecule has 0 amide bonds. The Balaban J connectivity index is 1.37. The first kappa shape index (κ1) is 18.2. The van der Waals surface area contributed by atoms with Gasteiger partial charge in [0.25, 0.3) is 0 Å². The van der Waals surface area contributed by atoms with Crippen LogP contribution in [-0.4, -0.2) is 49.1 Å². The van der Waals surface area contributed by atoms with Gasteiger partial charge in [-0.2, -0.15) is 0 Å². The Labute approximate surface area is 159 Å². The first-order chi connectivity index (χ1) is 12.9. The van der Waals surface area contributed by atoms with Gasteiger partial charge in [-0.1, -0.05) is 18.2 Å². The Bertz CT molecular complexity index is 910. The summed E-state index contributed by atoms with van der Waals surface area (Å²) >= 11 is 0. The SMILES string of the molecule is O=C(CN1C[C@H]2C[C@H](S(=O)(=O)c3ccccc3)C[C@H]2C1)c1ccc(O)cc1. The molecule has 0 radical (unpaired) electrons. The summed E-state index contributed by atoms with van der Waals surface area (Å²) in [5, 5.41) is 9.02. The van der Waals surface area contributed by atoms with Gasteiger partial charge in [0.1, 0.15) is 5.75 Å². The minimum absolute atomic E-state index is 0.0310. The Morgan fingerprint density at radius 2 is 1.56 bits per heavy atom. The summed E-state index contributed by atoms with van der Waals surface area (Å²) < 4.78 is 25.7. The number of carbonyl (C=O) groups excluding carboxylic acids is 1. The summed E-state index contributed by atoms with van der Waals surface area (Å²) in [7, 11) is -3.28. The molecule has 1 N–H and O–H groups in total. The second-order valence-corrected chi connectivity index (χ2v) is 9.86. The lowest BCUT2D eigenvalue weighted by Crippen LogP contribution is -2.30. The summed E-state index contributed by atoms with van der Waals surface area (Å²) in [5.41, 5.74) is 0.592. The summed E-state index contributed by atoms with van der Waals surface area (Å²) in [5.74, 6) is 0.846. The number of ketones is 1. The van der Waals surface area contributed by atoms with Crippen molar-refractivity contribution in [2.75, 3.05) is 19.6 Å². The van der Waals surface area contributed by atoms with Crippen molar-refractivity contribution < 1.29 is 18.3 Å². The molecule has 0 unspecified atom stereocenters. The van der Waals surface area contributed by atoms with Crippen LogP contribution in [0.2, 0.25) is 0 Å². The number of hydrogen-bond acceptors (Lipinski definition) is 5. The summed E-state index contributed by atoms with van der Waals surface area (Å²) in [4.78, 5) is 15.0. The maximum Gasteiger partial charge on any atom is 0.181 e. The molecule has 1 heterocycles. The zero-order chi connectivity index (χ0) is 19.0. The molecule has 2 aromatic carbocycles. The number of carbonyl (C=O) groups is 1. The fraction of sp³-hybridized carbons (Fsp3) is 0.381. The zero-order valence-corrected chi connectivity index (χ0v) is 15.8. The monoisotopic (exact) mass is 385 g/mol. The molecule has 0 bridgehead atoms. The van der Waals surface area contributed by atoms with Crippen LogP contribution in [-0.2, 0) is 9.84 Å². The van der Waals surface area contributed by atoms with E-state index in [2.05, 4.69) is 4.90 Å². The quantitative estimate of drug-likeness (QED) is 0.801. The molecule has 142 valence electrons. The molecule has 1 aliphatic heterocycles. The van der Waals surface area contributed by atoms with Crippen molar-refractivity contribution in [3.63, 3.8) is 0 Å². The van der Waals surface area contributed by atoms with Gasteiger partial charge in [0.05, 0.1) is 16.7 Å². The van der Waals surface area contributed by atoms with E-state index >= 15 is 0 Å². The summed E-state index contributed by atoms with van der Waals surface area (Å²) in [6.45, 7) is 1.89. The second-order valence-electron chi connectivity index (χ2n) is 7.64. The van der Waals surface area contributed by atoms with Crippen molar-refractivity contribution in [2.24, 2.45) is 11.8 Å². The van der Waals surface area contributed by atoms with Gasteiger partial charge < -0.3 is 5.11 Å². The van der Waals surface area contributed by atoms with E-state index < -0.39 is 9.84 Å². The van der Waals surface area contributed by atoms with Crippen LogP contribution in [0.25, 0.3) is 0 Å². The standard InChI is InChI=1S/C21H23NO4S/c23-18-8-6-15(7-9-18)21(24)14-22-12-16-10-20(11-17(16)13-22)27(25,26)19-4-2-1-3-5-19/h1-9,16-17,20,23H,10-14H2/t16-,17+,20+. The molecule has 1 aliphatic carbocycles. The summed E-state index contributed by atoms with van der Waals surface area (Å²) in [6, 6.07) is 15.0. The Kier molecular flexibility index (Phi) is 4.78. The fourth-order valence-electron chi connectivity index (χ4n) is 4.47. The van der Waals surface area contributed by atoms with Gasteiger partial charge in [0.2, 0.25) is 0 Å². The van der Waals surface area contributed by atoms with Gasteiger partial charge in [-0.3, -0.25) is 9.69 Å². The van der Waals surface area contributed by atoms with E-state index in [1.807, 2.05) is 6.07 Å². The number of sulfone groups is 1. The Morgan fingerprint density at radius 1 is 0.963 bits per heavy atom. The highest BCUT2D eigenvalue weighted by molar-refractivity contribution is 7.92. The molecule has 27 heavy (non-hydrogen) atoms. The van der Waals surface area contributed by atoms with Crippen molar-refractivity contribution in [2.45, 2.75) is 23.0 Å². The predicted octanol–water partition coefficient (Wildman–Crippen LogP) is 2.76. The van der Waals surface area contributed by atoms with Crippen LogP contribution in [0.15, 0.2) is 59.5 Å². The van der Waals surface area contributed by atoms with Crippen LogP contribution in [0.4, 0.5) is 0 Å². The average molecular weight is 385 g/mol. The van der Waals surface area contributed by atoms with Crippen LogP contribution in [0.3, 0.4) is 0 Å². The van der Waals surface area contributed by atoms with Crippen molar-refractivity contribution >= 4 is 15.6 Å². The Hall–Kier alpha value is -2.18. The molecule has 1 saturated heterocycles. The van der Waals surface area contributed by atoms with E-state index in [4.69, 9.17) is 0 Å². The maximum atomic E-state index is 12.8. The predicted molar refractivity (Wildman–Crippen MR) is 103 cm³/mol. The molecule has 3 atom stereocenters. The van der Waals surface area contributed by atoms with Crippen molar-refractivity contribution in [1.29, 1.82) is 0 Å².